The van der Waals surface area contributed by atoms with Gasteiger partial charge in [-0.3, -0.25) is 4.79 Å². The van der Waals surface area contributed by atoms with Gasteiger partial charge in [0.2, 0.25) is 0 Å². The van der Waals surface area contributed by atoms with Crippen molar-refractivity contribution in [2.75, 3.05) is 0 Å². The van der Waals surface area contributed by atoms with Gasteiger partial charge in [-0.05, 0) is 67.6 Å². The Morgan fingerprint density at radius 1 is 1.14 bits per heavy atom. The van der Waals surface area contributed by atoms with Crippen LogP contribution in [0.4, 0.5) is 0 Å². The van der Waals surface area contributed by atoms with Crippen LogP contribution in [0.1, 0.15) is 58.8 Å². The molecule has 0 saturated heterocycles. The van der Waals surface area contributed by atoms with E-state index in [1.165, 1.54) is 19.3 Å². The molecule has 7 atom stereocenters. The van der Waals surface area contributed by atoms with E-state index in [-0.39, 0.29) is 16.9 Å². The van der Waals surface area contributed by atoms with Crippen molar-refractivity contribution in [3.8, 4) is 0 Å². The Morgan fingerprint density at radius 3 is 2.76 bits per heavy atom. The van der Waals surface area contributed by atoms with Gasteiger partial charge in [-0.25, -0.2) is 0 Å². The second-order valence-electron chi connectivity index (χ2n) is 8.60. The van der Waals surface area contributed by atoms with Crippen molar-refractivity contribution >= 4 is 5.78 Å². The number of hydrogen-bond donors (Lipinski definition) is 1. The first kappa shape index (κ1) is 14.0. The monoisotopic (exact) mass is 288 g/mol. The van der Waals surface area contributed by atoms with Crippen LogP contribution in [-0.2, 0) is 4.79 Å². The molecule has 0 amide bonds. The molecule has 3 unspecified atom stereocenters. The minimum absolute atomic E-state index is 0.0116. The highest BCUT2D eigenvalue weighted by atomic mass is 16.3. The molecule has 2 heteroatoms. The number of ketones is 1. The number of hydrogen-bond acceptors (Lipinski definition) is 2. The van der Waals surface area contributed by atoms with E-state index in [1.807, 2.05) is 6.08 Å². The molecule has 0 aliphatic heterocycles. The van der Waals surface area contributed by atoms with Gasteiger partial charge < -0.3 is 5.11 Å². The van der Waals surface area contributed by atoms with Crippen LogP contribution in [0.25, 0.3) is 0 Å². The van der Waals surface area contributed by atoms with Crippen molar-refractivity contribution in [3.63, 3.8) is 0 Å². The molecule has 0 bridgehead atoms. The molecule has 0 spiro atoms. The molecule has 0 aromatic rings. The minimum Gasteiger partial charge on any atom is -0.389 e. The molecule has 1 N–H and O–H groups in total. The molecule has 3 fully saturated rings. The summed E-state index contributed by atoms with van der Waals surface area (Å²) in [6.07, 6.45) is 11.8. The lowest BCUT2D eigenvalue weighted by Gasteiger charge is -2.58. The molecule has 2 nitrogen and oxygen atoms in total. The first-order valence-electron chi connectivity index (χ1n) is 8.86. The number of aliphatic hydroxyl groups is 1. The van der Waals surface area contributed by atoms with Crippen LogP contribution in [0, 0.1) is 34.5 Å². The van der Waals surface area contributed by atoms with Gasteiger partial charge in [0.05, 0.1) is 6.10 Å². The summed E-state index contributed by atoms with van der Waals surface area (Å²) in [7, 11) is 0. The Balaban J connectivity index is 1.68. The zero-order valence-corrected chi connectivity index (χ0v) is 13.3. The molecule has 0 heterocycles. The Kier molecular flexibility index (Phi) is 2.96. The van der Waals surface area contributed by atoms with Gasteiger partial charge in [0, 0.05) is 11.8 Å². The molecule has 4 rings (SSSR count). The zero-order valence-electron chi connectivity index (χ0n) is 13.3. The number of fused-ring (bicyclic) bond motifs is 5. The number of rotatable bonds is 0. The number of aliphatic hydroxyl groups excluding tert-OH is 1. The van der Waals surface area contributed by atoms with Crippen LogP contribution in [-0.4, -0.2) is 17.0 Å². The molecule has 21 heavy (non-hydrogen) atoms. The van der Waals surface area contributed by atoms with Gasteiger partial charge in [0.1, 0.15) is 5.78 Å². The Hall–Kier alpha value is -0.630. The topological polar surface area (TPSA) is 37.3 Å². The van der Waals surface area contributed by atoms with Crippen LogP contribution < -0.4 is 0 Å². The number of allylic oxidation sites excluding steroid dienone is 1. The molecule has 0 aromatic heterocycles. The highest BCUT2D eigenvalue weighted by Crippen LogP contribution is 2.64. The molecule has 4 aliphatic carbocycles. The highest BCUT2D eigenvalue weighted by Gasteiger charge is 2.59. The Labute approximate surface area is 128 Å². The third-order valence-electron chi connectivity index (χ3n) is 7.88. The molecular formula is C19H28O2. The predicted molar refractivity (Wildman–Crippen MR) is 82.6 cm³/mol. The van der Waals surface area contributed by atoms with Crippen LogP contribution in [0.2, 0.25) is 0 Å². The maximum Gasteiger partial charge on any atom is 0.139 e. The lowest BCUT2D eigenvalue weighted by Crippen LogP contribution is -2.52. The quantitative estimate of drug-likeness (QED) is 0.690. The summed E-state index contributed by atoms with van der Waals surface area (Å²) in [6.45, 7) is 4.68. The van der Waals surface area contributed by atoms with Crippen molar-refractivity contribution in [1.82, 2.24) is 0 Å². The standard InChI is InChI=1S/C19H28O2/c1-18-9-7-13(20)11-12(18)3-4-14-15-5-6-17(21)19(15,2)10-8-16(14)18/h7,9,12-16,20H,3-6,8,10-11H2,1-2H3/t12-,13+,14?,15?,16?,18-,19-/m0/s1. The van der Waals surface area contributed by atoms with Crippen molar-refractivity contribution in [2.45, 2.75) is 64.9 Å². The fraction of sp³-hybridized carbons (Fsp3) is 0.842. The maximum atomic E-state index is 12.4. The SMILES string of the molecule is C[C@]12CCC3C(CC[C@H]4C[C@H](O)C=C[C@]34C)C1CCC2=O. The smallest absolute Gasteiger partial charge is 0.139 e. The van der Waals surface area contributed by atoms with E-state index < -0.39 is 0 Å². The fourth-order valence-corrected chi connectivity index (χ4v) is 6.56. The third kappa shape index (κ3) is 1.78. The van der Waals surface area contributed by atoms with E-state index in [9.17, 15) is 9.90 Å². The normalized spacial score (nSPS) is 55.8. The predicted octanol–water partition coefficient (Wildman–Crippen LogP) is 3.74. The van der Waals surface area contributed by atoms with E-state index in [0.717, 1.165) is 37.5 Å². The van der Waals surface area contributed by atoms with Gasteiger partial charge in [-0.1, -0.05) is 26.0 Å². The van der Waals surface area contributed by atoms with Gasteiger partial charge in [0.15, 0.2) is 0 Å². The van der Waals surface area contributed by atoms with Crippen molar-refractivity contribution in [1.29, 1.82) is 0 Å². The summed E-state index contributed by atoms with van der Waals surface area (Å²) in [5.74, 6) is 3.26. The zero-order chi connectivity index (χ0) is 14.8. The highest BCUT2D eigenvalue weighted by molar-refractivity contribution is 5.87. The first-order chi connectivity index (χ1) is 9.95. The Morgan fingerprint density at radius 2 is 1.95 bits per heavy atom. The molecule has 116 valence electrons. The van der Waals surface area contributed by atoms with E-state index in [4.69, 9.17) is 0 Å². The summed E-state index contributed by atoms with van der Waals surface area (Å²) in [5.41, 5.74) is 0.247. The lowest BCUT2D eigenvalue weighted by molar-refractivity contribution is -0.134. The van der Waals surface area contributed by atoms with Gasteiger partial charge in [-0.2, -0.15) is 0 Å². The number of carbonyl (C=O) groups excluding carboxylic acids is 1. The van der Waals surface area contributed by atoms with E-state index in [1.54, 1.807) is 0 Å². The summed E-state index contributed by atoms with van der Waals surface area (Å²) >= 11 is 0. The van der Waals surface area contributed by atoms with Crippen molar-refractivity contribution in [2.24, 2.45) is 34.5 Å². The van der Waals surface area contributed by atoms with Crippen LogP contribution in [0.5, 0.6) is 0 Å². The van der Waals surface area contributed by atoms with Crippen LogP contribution in [0.15, 0.2) is 12.2 Å². The van der Waals surface area contributed by atoms with E-state index in [0.29, 0.717) is 17.6 Å². The lowest BCUT2D eigenvalue weighted by atomic mass is 9.46. The average Bonchev–Trinajstić information content (AvgIpc) is 2.76. The van der Waals surface area contributed by atoms with Gasteiger partial charge in [-0.15, -0.1) is 0 Å². The Bertz CT molecular complexity index is 496. The average molecular weight is 288 g/mol. The van der Waals surface area contributed by atoms with Gasteiger partial charge in [0.25, 0.3) is 0 Å². The summed E-state index contributed by atoms with van der Waals surface area (Å²) in [5, 5.41) is 9.95. The fourth-order valence-electron chi connectivity index (χ4n) is 6.56. The summed E-state index contributed by atoms with van der Waals surface area (Å²) in [4.78, 5) is 12.4. The first-order valence-corrected chi connectivity index (χ1v) is 8.86. The van der Waals surface area contributed by atoms with Crippen molar-refractivity contribution < 1.29 is 9.90 Å². The summed E-state index contributed by atoms with van der Waals surface area (Å²) in [6, 6.07) is 0. The third-order valence-corrected chi connectivity index (χ3v) is 7.88. The molecule has 4 aliphatic rings. The van der Waals surface area contributed by atoms with E-state index >= 15 is 0 Å². The largest absolute Gasteiger partial charge is 0.389 e. The molecule has 0 aromatic carbocycles. The van der Waals surface area contributed by atoms with Gasteiger partial charge >= 0.3 is 0 Å². The molecular weight excluding hydrogens is 260 g/mol. The number of Topliss-reactive ketones (excluding diaryl/α,β-unsaturated/α-hetero) is 1. The summed E-state index contributed by atoms with van der Waals surface area (Å²) < 4.78 is 0. The minimum atomic E-state index is -0.235. The van der Waals surface area contributed by atoms with Crippen LogP contribution in [0.3, 0.4) is 0 Å². The number of carbonyl (C=O) groups is 1. The molecule has 3 saturated carbocycles. The second-order valence-corrected chi connectivity index (χ2v) is 8.60. The maximum absolute atomic E-state index is 12.4. The molecule has 0 radical (unpaired) electrons. The van der Waals surface area contributed by atoms with E-state index in [2.05, 4.69) is 19.9 Å². The van der Waals surface area contributed by atoms with Crippen LogP contribution >= 0.6 is 0 Å². The second kappa shape index (κ2) is 4.44. The van der Waals surface area contributed by atoms with Crippen molar-refractivity contribution in [3.05, 3.63) is 12.2 Å².